The SMILES string of the molecule is CCNC(=NCC1(O)CCCCC1)NCC1CCCO1. The van der Waals surface area contributed by atoms with Crippen LogP contribution in [-0.2, 0) is 4.74 Å². The Bertz CT molecular complexity index is 308. The maximum absolute atomic E-state index is 10.5. The molecule has 0 amide bonds. The van der Waals surface area contributed by atoms with E-state index in [4.69, 9.17) is 4.74 Å². The maximum atomic E-state index is 10.5. The Balaban J connectivity index is 1.80. The third-order valence-electron chi connectivity index (χ3n) is 4.18. The smallest absolute Gasteiger partial charge is 0.191 e. The Morgan fingerprint density at radius 1 is 1.25 bits per heavy atom. The quantitative estimate of drug-likeness (QED) is 0.527. The summed E-state index contributed by atoms with van der Waals surface area (Å²) in [6.07, 6.45) is 7.80. The van der Waals surface area contributed by atoms with Crippen molar-refractivity contribution in [3.05, 3.63) is 0 Å². The Kier molecular flexibility index (Phi) is 6.10. The number of aliphatic imine (C=N–C) groups is 1. The first-order valence-corrected chi connectivity index (χ1v) is 8.08. The van der Waals surface area contributed by atoms with Gasteiger partial charge in [0.25, 0.3) is 0 Å². The normalized spacial score (nSPS) is 26.5. The van der Waals surface area contributed by atoms with Gasteiger partial charge in [-0.3, -0.25) is 4.99 Å². The van der Waals surface area contributed by atoms with Gasteiger partial charge in [-0.1, -0.05) is 19.3 Å². The molecule has 0 spiro atoms. The van der Waals surface area contributed by atoms with Gasteiger partial charge in [-0.25, -0.2) is 0 Å². The van der Waals surface area contributed by atoms with Crippen LogP contribution in [0.4, 0.5) is 0 Å². The maximum Gasteiger partial charge on any atom is 0.191 e. The monoisotopic (exact) mass is 283 g/mol. The molecule has 5 nitrogen and oxygen atoms in total. The lowest BCUT2D eigenvalue weighted by atomic mass is 9.85. The molecule has 116 valence electrons. The Labute approximate surface area is 122 Å². The van der Waals surface area contributed by atoms with Gasteiger partial charge in [-0.2, -0.15) is 0 Å². The van der Waals surface area contributed by atoms with E-state index in [0.29, 0.717) is 12.6 Å². The van der Waals surface area contributed by atoms with Crippen LogP contribution >= 0.6 is 0 Å². The molecule has 1 unspecified atom stereocenters. The molecule has 5 heteroatoms. The second kappa shape index (κ2) is 7.84. The van der Waals surface area contributed by atoms with Crippen LogP contribution in [0.3, 0.4) is 0 Å². The van der Waals surface area contributed by atoms with Gasteiger partial charge in [0.05, 0.1) is 18.2 Å². The third-order valence-corrected chi connectivity index (χ3v) is 4.18. The van der Waals surface area contributed by atoms with Crippen molar-refractivity contribution in [3.63, 3.8) is 0 Å². The first kappa shape index (κ1) is 15.6. The molecule has 3 N–H and O–H groups in total. The molecule has 2 rings (SSSR count). The van der Waals surface area contributed by atoms with Crippen LogP contribution in [0.25, 0.3) is 0 Å². The summed E-state index contributed by atoms with van der Waals surface area (Å²) in [6.45, 7) is 5.05. The predicted molar refractivity (Wildman–Crippen MR) is 81.0 cm³/mol. The average Bonchev–Trinajstić information content (AvgIpc) is 2.96. The van der Waals surface area contributed by atoms with Crippen molar-refractivity contribution >= 4 is 5.96 Å². The van der Waals surface area contributed by atoms with E-state index in [9.17, 15) is 5.11 Å². The number of aliphatic hydroxyl groups is 1. The van der Waals surface area contributed by atoms with Crippen molar-refractivity contribution in [2.75, 3.05) is 26.2 Å². The van der Waals surface area contributed by atoms with Gasteiger partial charge in [-0.15, -0.1) is 0 Å². The second-order valence-corrected chi connectivity index (χ2v) is 6.00. The van der Waals surface area contributed by atoms with Crippen LogP contribution < -0.4 is 10.6 Å². The number of hydrogen-bond acceptors (Lipinski definition) is 3. The molecule has 0 radical (unpaired) electrons. The number of rotatable bonds is 5. The lowest BCUT2D eigenvalue weighted by Crippen LogP contribution is -2.43. The van der Waals surface area contributed by atoms with Crippen molar-refractivity contribution in [1.29, 1.82) is 0 Å². The molecule has 1 saturated heterocycles. The van der Waals surface area contributed by atoms with Gasteiger partial charge in [0.15, 0.2) is 5.96 Å². The van der Waals surface area contributed by atoms with E-state index in [2.05, 4.69) is 22.5 Å². The summed E-state index contributed by atoms with van der Waals surface area (Å²) in [4.78, 5) is 4.56. The highest BCUT2D eigenvalue weighted by Crippen LogP contribution is 2.28. The Morgan fingerprint density at radius 2 is 2.05 bits per heavy atom. The standard InChI is InChI=1S/C15H29N3O2/c1-2-16-14(17-11-13-7-6-10-20-13)18-12-15(19)8-4-3-5-9-15/h13,19H,2-12H2,1H3,(H2,16,17,18). The van der Waals surface area contributed by atoms with Crippen molar-refractivity contribution < 1.29 is 9.84 Å². The van der Waals surface area contributed by atoms with Gasteiger partial charge >= 0.3 is 0 Å². The largest absolute Gasteiger partial charge is 0.388 e. The first-order valence-electron chi connectivity index (χ1n) is 8.08. The van der Waals surface area contributed by atoms with E-state index in [-0.39, 0.29) is 0 Å². The third kappa shape index (κ3) is 4.94. The summed E-state index contributed by atoms with van der Waals surface area (Å²) in [5.41, 5.74) is -0.593. The van der Waals surface area contributed by atoms with Crippen LogP contribution in [-0.4, -0.2) is 49.0 Å². The second-order valence-electron chi connectivity index (χ2n) is 6.00. The molecular formula is C15H29N3O2. The summed E-state index contributed by atoms with van der Waals surface area (Å²) >= 11 is 0. The number of hydrogen-bond donors (Lipinski definition) is 3. The van der Waals surface area contributed by atoms with Gasteiger partial charge < -0.3 is 20.5 Å². The zero-order valence-corrected chi connectivity index (χ0v) is 12.7. The number of nitrogens with one attached hydrogen (secondary N) is 2. The highest BCUT2D eigenvalue weighted by Gasteiger charge is 2.28. The summed E-state index contributed by atoms with van der Waals surface area (Å²) in [6, 6.07) is 0. The van der Waals surface area contributed by atoms with E-state index < -0.39 is 5.60 Å². The van der Waals surface area contributed by atoms with Crippen molar-refractivity contribution in [1.82, 2.24) is 10.6 Å². The molecule has 0 bridgehead atoms. The summed E-state index contributed by atoms with van der Waals surface area (Å²) < 4.78 is 5.60. The van der Waals surface area contributed by atoms with Crippen LogP contribution in [0.1, 0.15) is 51.9 Å². The topological polar surface area (TPSA) is 65.9 Å². The molecule has 1 heterocycles. The van der Waals surface area contributed by atoms with Gasteiger partial charge in [0.1, 0.15) is 0 Å². The highest BCUT2D eigenvalue weighted by molar-refractivity contribution is 5.79. The lowest BCUT2D eigenvalue weighted by molar-refractivity contribution is 0.0131. The van der Waals surface area contributed by atoms with E-state index in [1.807, 2.05) is 0 Å². The van der Waals surface area contributed by atoms with Crippen LogP contribution in [0.2, 0.25) is 0 Å². The van der Waals surface area contributed by atoms with Crippen molar-refractivity contribution in [2.45, 2.75) is 63.6 Å². The van der Waals surface area contributed by atoms with Crippen LogP contribution in [0.15, 0.2) is 4.99 Å². The zero-order valence-electron chi connectivity index (χ0n) is 12.7. The van der Waals surface area contributed by atoms with Crippen molar-refractivity contribution in [3.8, 4) is 0 Å². The minimum Gasteiger partial charge on any atom is -0.388 e. The number of nitrogens with zero attached hydrogens (tertiary/aromatic N) is 1. The molecule has 0 aromatic rings. The fraction of sp³-hybridized carbons (Fsp3) is 0.933. The highest BCUT2D eigenvalue weighted by atomic mass is 16.5. The summed E-state index contributed by atoms with van der Waals surface area (Å²) in [5, 5.41) is 17.0. The summed E-state index contributed by atoms with van der Waals surface area (Å²) in [5.74, 6) is 0.794. The molecule has 0 aromatic heterocycles. The molecule has 20 heavy (non-hydrogen) atoms. The molecule has 2 fully saturated rings. The first-order chi connectivity index (χ1) is 9.72. The van der Waals surface area contributed by atoms with Crippen LogP contribution in [0.5, 0.6) is 0 Å². The molecular weight excluding hydrogens is 254 g/mol. The fourth-order valence-electron chi connectivity index (χ4n) is 2.95. The molecule has 1 saturated carbocycles. The summed E-state index contributed by atoms with van der Waals surface area (Å²) in [7, 11) is 0. The Hall–Kier alpha value is -0.810. The van der Waals surface area contributed by atoms with Crippen LogP contribution in [0, 0.1) is 0 Å². The van der Waals surface area contributed by atoms with E-state index in [1.165, 1.54) is 6.42 Å². The van der Waals surface area contributed by atoms with Gasteiger partial charge in [-0.05, 0) is 32.6 Å². The number of guanidine groups is 1. The predicted octanol–water partition coefficient (Wildman–Crippen LogP) is 1.42. The fourth-order valence-corrected chi connectivity index (χ4v) is 2.95. The molecule has 1 aliphatic heterocycles. The van der Waals surface area contributed by atoms with E-state index >= 15 is 0 Å². The van der Waals surface area contributed by atoms with E-state index in [1.54, 1.807) is 0 Å². The minimum atomic E-state index is -0.593. The molecule has 2 aliphatic rings. The lowest BCUT2D eigenvalue weighted by Gasteiger charge is -2.30. The number of ether oxygens (including phenoxy) is 1. The van der Waals surface area contributed by atoms with Crippen molar-refractivity contribution in [2.24, 2.45) is 4.99 Å². The minimum absolute atomic E-state index is 0.302. The molecule has 0 aromatic carbocycles. The van der Waals surface area contributed by atoms with Gasteiger partial charge in [0.2, 0.25) is 0 Å². The van der Waals surface area contributed by atoms with E-state index in [0.717, 1.165) is 64.2 Å². The molecule has 1 atom stereocenters. The van der Waals surface area contributed by atoms with Gasteiger partial charge in [0, 0.05) is 19.7 Å². The Morgan fingerprint density at radius 3 is 2.70 bits per heavy atom. The average molecular weight is 283 g/mol. The molecule has 1 aliphatic carbocycles. The zero-order chi connectivity index (χ0) is 14.3.